The second-order valence-corrected chi connectivity index (χ2v) is 6.00. The van der Waals surface area contributed by atoms with Crippen LogP contribution in [0, 0.1) is 0 Å². The Hall–Kier alpha value is -3.46. The molecule has 2 heterocycles. The Morgan fingerprint density at radius 2 is 1.20 bits per heavy atom. The van der Waals surface area contributed by atoms with Crippen LogP contribution in [0.4, 0.5) is 0 Å². The van der Waals surface area contributed by atoms with Gasteiger partial charge in [-0.3, -0.25) is 0 Å². The number of rotatable bonds is 2. The standard InChI is InChI=1S/C22H15N3/c1-3-9-16(10-4-1)20-18-13-7-8-14-19(18)22-23-15-24-25(22)21(20)17-11-5-2-6-12-17/h1-15H. The first-order valence-corrected chi connectivity index (χ1v) is 8.29. The number of aromatic nitrogens is 3. The number of pyridine rings is 1. The minimum atomic E-state index is 0.883. The number of hydrogen-bond donors (Lipinski definition) is 0. The molecule has 3 heteroatoms. The second-order valence-electron chi connectivity index (χ2n) is 6.00. The van der Waals surface area contributed by atoms with Gasteiger partial charge in [0.15, 0.2) is 5.65 Å². The molecule has 0 saturated carbocycles. The quantitative estimate of drug-likeness (QED) is 0.446. The van der Waals surface area contributed by atoms with E-state index in [1.807, 2.05) is 22.7 Å². The molecule has 118 valence electrons. The van der Waals surface area contributed by atoms with Gasteiger partial charge in [0.1, 0.15) is 6.33 Å². The topological polar surface area (TPSA) is 30.2 Å². The van der Waals surface area contributed by atoms with Gasteiger partial charge in [-0.25, -0.2) is 9.50 Å². The van der Waals surface area contributed by atoms with Crippen LogP contribution in [-0.4, -0.2) is 14.6 Å². The summed E-state index contributed by atoms with van der Waals surface area (Å²) in [6.45, 7) is 0. The summed E-state index contributed by atoms with van der Waals surface area (Å²) in [6.07, 6.45) is 1.63. The van der Waals surface area contributed by atoms with Crippen LogP contribution in [0.1, 0.15) is 0 Å². The van der Waals surface area contributed by atoms with E-state index in [2.05, 4.69) is 76.8 Å². The Labute approximate surface area is 145 Å². The van der Waals surface area contributed by atoms with Crippen LogP contribution in [0.25, 0.3) is 38.8 Å². The second kappa shape index (κ2) is 5.56. The van der Waals surface area contributed by atoms with E-state index in [1.54, 1.807) is 6.33 Å². The van der Waals surface area contributed by atoms with Crippen LogP contribution in [0.15, 0.2) is 91.3 Å². The average Bonchev–Trinajstić information content (AvgIpc) is 3.18. The Kier molecular flexibility index (Phi) is 3.10. The van der Waals surface area contributed by atoms with E-state index in [-0.39, 0.29) is 0 Å². The molecular weight excluding hydrogens is 306 g/mol. The smallest absolute Gasteiger partial charge is 0.163 e. The fourth-order valence-corrected chi connectivity index (χ4v) is 3.48. The lowest BCUT2D eigenvalue weighted by molar-refractivity contribution is 0.976. The van der Waals surface area contributed by atoms with E-state index < -0.39 is 0 Å². The summed E-state index contributed by atoms with van der Waals surface area (Å²) in [4.78, 5) is 4.52. The maximum Gasteiger partial charge on any atom is 0.163 e. The highest BCUT2D eigenvalue weighted by Crippen LogP contribution is 2.39. The van der Waals surface area contributed by atoms with Crippen LogP contribution in [0.2, 0.25) is 0 Å². The molecule has 25 heavy (non-hydrogen) atoms. The number of fused-ring (bicyclic) bond motifs is 3. The highest BCUT2D eigenvalue weighted by Gasteiger charge is 2.18. The minimum Gasteiger partial charge on any atom is -0.215 e. The zero-order valence-electron chi connectivity index (χ0n) is 13.5. The van der Waals surface area contributed by atoms with Crippen molar-refractivity contribution < 1.29 is 0 Å². The molecule has 0 spiro atoms. The van der Waals surface area contributed by atoms with Gasteiger partial charge in [0.2, 0.25) is 0 Å². The molecule has 0 saturated heterocycles. The summed E-state index contributed by atoms with van der Waals surface area (Å²) in [5.41, 5.74) is 5.44. The molecule has 3 aromatic carbocycles. The van der Waals surface area contributed by atoms with Crippen molar-refractivity contribution in [3.05, 3.63) is 91.3 Å². The first-order valence-electron chi connectivity index (χ1n) is 8.29. The third-order valence-electron chi connectivity index (χ3n) is 4.54. The molecule has 0 fully saturated rings. The van der Waals surface area contributed by atoms with Gasteiger partial charge in [-0.05, 0) is 10.9 Å². The molecule has 0 N–H and O–H groups in total. The zero-order chi connectivity index (χ0) is 16.6. The van der Waals surface area contributed by atoms with Gasteiger partial charge in [-0.1, -0.05) is 84.9 Å². The summed E-state index contributed by atoms with van der Waals surface area (Å²) in [5, 5.41) is 6.83. The third kappa shape index (κ3) is 2.13. The minimum absolute atomic E-state index is 0.883. The van der Waals surface area contributed by atoms with Crippen molar-refractivity contribution in [2.75, 3.05) is 0 Å². The van der Waals surface area contributed by atoms with Crippen LogP contribution >= 0.6 is 0 Å². The van der Waals surface area contributed by atoms with Crippen molar-refractivity contribution in [1.29, 1.82) is 0 Å². The highest BCUT2D eigenvalue weighted by molar-refractivity contribution is 6.08. The summed E-state index contributed by atoms with van der Waals surface area (Å²) < 4.78 is 1.96. The molecule has 0 bridgehead atoms. The van der Waals surface area contributed by atoms with Crippen LogP contribution in [0.3, 0.4) is 0 Å². The van der Waals surface area contributed by atoms with E-state index in [9.17, 15) is 0 Å². The summed E-state index contributed by atoms with van der Waals surface area (Å²) in [7, 11) is 0. The maximum atomic E-state index is 4.54. The van der Waals surface area contributed by atoms with Crippen molar-refractivity contribution in [2.24, 2.45) is 0 Å². The largest absolute Gasteiger partial charge is 0.215 e. The molecule has 3 nitrogen and oxygen atoms in total. The van der Waals surface area contributed by atoms with E-state index in [1.165, 1.54) is 16.5 Å². The first-order chi connectivity index (χ1) is 12.4. The molecule has 2 aromatic heterocycles. The Bertz CT molecular complexity index is 1180. The Morgan fingerprint density at radius 1 is 0.600 bits per heavy atom. The zero-order valence-corrected chi connectivity index (χ0v) is 13.5. The average molecular weight is 321 g/mol. The van der Waals surface area contributed by atoms with Crippen LogP contribution < -0.4 is 0 Å². The molecule has 0 radical (unpaired) electrons. The van der Waals surface area contributed by atoms with E-state index >= 15 is 0 Å². The molecule has 0 aliphatic heterocycles. The van der Waals surface area contributed by atoms with Crippen molar-refractivity contribution in [3.8, 4) is 22.4 Å². The summed E-state index contributed by atoms with van der Waals surface area (Å²) in [5.74, 6) is 0. The first kappa shape index (κ1) is 13.9. The van der Waals surface area contributed by atoms with E-state index in [0.29, 0.717) is 0 Å². The Morgan fingerprint density at radius 3 is 1.92 bits per heavy atom. The van der Waals surface area contributed by atoms with Crippen molar-refractivity contribution in [2.45, 2.75) is 0 Å². The normalized spacial score (nSPS) is 11.2. The van der Waals surface area contributed by atoms with Crippen molar-refractivity contribution in [1.82, 2.24) is 14.6 Å². The lowest BCUT2D eigenvalue weighted by atomic mass is 9.94. The number of benzene rings is 3. The SMILES string of the molecule is c1ccc(-c2c(-c3ccccc3)n3ncnc3c3ccccc23)cc1. The molecule has 0 atom stereocenters. The summed E-state index contributed by atoms with van der Waals surface area (Å²) in [6, 6.07) is 29.3. The van der Waals surface area contributed by atoms with Gasteiger partial charge in [-0.15, -0.1) is 0 Å². The molecule has 0 unspecified atom stereocenters. The monoisotopic (exact) mass is 321 g/mol. The number of nitrogens with zero attached hydrogens (tertiary/aromatic N) is 3. The number of hydrogen-bond acceptors (Lipinski definition) is 2. The Balaban J connectivity index is 2.04. The van der Waals surface area contributed by atoms with Crippen LogP contribution in [-0.2, 0) is 0 Å². The van der Waals surface area contributed by atoms with Gasteiger partial charge in [0, 0.05) is 16.5 Å². The molecular formula is C22H15N3. The molecule has 5 aromatic rings. The molecule has 0 amide bonds. The van der Waals surface area contributed by atoms with Crippen LogP contribution in [0.5, 0.6) is 0 Å². The van der Waals surface area contributed by atoms with Crippen molar-refractivity contribution in [3.63, 3.8) is 0 Å². The lowest BCUT2D eigenvalue weighted by Crippen LogP contribution is -1.99. The molecule has 0 aliphatic rings. The fraction of sp³-hybridized carbons (Fsp3) is 0. The lowest BCUT2D eigenvalue weighted by Gasteiger charge is -2.16. The summed E-state index contributed by atoms with van der Waals surface area (Å²) >= 11 is 0. The highest BCUT2D eigenvalue weighted by atomic mass is 15.3. The fourth-order valence-electron chi connectivity index (χ4n) is 3.48. The van der Waals surface area contributed by atoms with Gasteiger partial charge in [-0.2, -0.15) is 5.10 Å². The predicted octanol–water partition coefficient (Wildman–Crippen LogP) is 5.22. The van der Waals surface area contributed by atoms with Crippen molar-refractivity contribution >= 4 is 16.4 Å². The van der Waals surface area contributed by atoms with E-state index in [4.69, 9.17) is 0 Å². The van der Waals surface area contributed by atoms with Gasteiger partial charge in [0.25, 0.3) is 0 Å². The van der Waals surface area contributed by atoms with E-state index in [0.717, 1.165) is 22.3 Å². The third-order valence-corrected chi connectivity index (χ3v) is 4.54. The maximum absolute atomic E-state index is 4.54. The van der Waals surface area contributed by atoms with Gasteiger partial charge < -0.3 is 0 Å². The predicted molar refractivity (Wildman–Crippen MR) is 101 cm³/mol. The van der Waals surface area contributed by atoms with Gasteiger partial charge >= 0.3 is 0 Å². The molecule has 5 rings (SSSR count). The van der Waals surface area contributed by atoms with Gasteiger partial charge in [0.05, 0.1) is 5.69 Å². The molecule has 0 aliphatic carbocycles.